The fourth-order valence-electron chi connectivity index (χ4n) is 1.11. The first-order chi connectivity index (χ1) is 6.06. The van der Waals surface area contributed by atoms with Gasteiger partial charge < -0.3 is 4.74 Å². The lowest BCUT2D eigenvalue weighted by atomic mass is 10.1. The molecule has 0 unspecified atom stereocenters. The zero-order valence-corrected chi connectivity index (χ0v) is 7.85. The van der Waals surface area contributed by atoms with Crippen LogP contribution in [0.4, 0.5) is 4.39 Å². The molecule has 70 valence electrons. The third kappa shape index (κ3) is 1.86. The van der Waals surface area contributed by atoms with E-state index < -0.39 is 0 Å². The summed E-state index contributed by atoms with van der Waals surface area (Å²) in [6, 6.07) is 2.72. The van der Waals surface area contributed by atoms with Crippen LogP contribution in [-0.2, 0) is 0 Å². The third-order valence-electron chi connectivity index (χ3n) is 1.86. The van der Waals surface area contributed by atoms with Crippen molar-refractivity contribution in [1.82, 2.24) is 0 Å². The van der Waals surface area contributed by atoms with E-state index in [1.807, 2.05) is 0 Å². The molecule has 0 bridgehead atoms. The van der Waals surface area contributed by atoms with Crippen LogP contribution in [0.1, 0.15) is 22.8 Å². The summed E-state index contributed by atoms with van der Waals surface area (Å²) in [6.45, 7) is 3.04. The van der Waals surface area contributed by atoms with Gasteiger partial charge in [0.1, 0.15) is 11.6 Å². The summed E-state index contributed by atoms with van der Waals surface area (Å²) in [7, 11) is 1.41. The molecule has 0 spiro atoms. The topological polar surface area (TPSA) is 26.3 Å². The van der Waals surface area contributed by atoms with E-state index in [4.69, 9.17) is 4.74 Å². The molecule has 0 aliphatic heterocycles. The van der Waals surface area contributed by atoms with Gasteiger partial charge in [-0.1, -0.05) is 0 Å². The lowest BCUT2D eigenvalue weighted by Gasteiger charge is -2.07. The Morgan fingerprint density at radius 2 is 2.08 bits per heavy atom. The van der Waals surface area contributed by atoms with Crippen molar-refractivity contribution in [3.63, 3.8) is 0 Å². The number of methoxy groups -OCH3 is 1. The molecule has 0 heterocycles. The van der Waals surface area contributed by atoms with E-state index in [0.29, 0.717) is 11.1 Å². The lowest BCUT2D eigenvalue weighted by molar-refractivity contribution is 0.101. The number of ether oxygens (including phenoxy) is 1. The molecule has 0 saturated heterocycles. The number of carbonyl (C=O) groups excluding carboxylic acids is 1. The van der Waals surface area contributed by atoms with Crippen molar-refractivity contribution in [2.75, 3.05) is 7.11 Å². The largest absolute Gasteiger partial charge is 0.496 e. The van der Waals surface area contributed by atoms with Crippen LogP contribution in [0.25, 0.3) is 0 Å². The molecule has 13 heavy (non-hydrogen) atoms. The standard InChI is InChI=1S/C10H11FO2/c1-6-4-8(7(2)12)10(13-3)5-9(6)11/h4-5H,1-3H3/i11-1. The fraction of sp³-hybridized carbons (Fsp3) is 0.300. The molecule has 0 aliphatic rings. The molecule has 0 N–H and O–H groups in total. The number of benzene rings is 1. The van der Waals surface area contributed by atoms with Crippen molar-refractivity contribution in [3.8, 4) is 5.75 Å². The molecule has 0 amide bonds. The Morgan fingerprint density at radius 3 is 2.54 bits per heavy atom. The van der Waals surface area contributed by atoms with Crippen LogP contribution in [0.2, 0.25) is 0 Å². The highest BCUT2D eigenvalue weighted by atomic mass is 18.2. The first-order valence-electron chi connectivity index (χ1n) is 3.91. The summed E-state index contributed by atoms with van der Waals surface area (Å²) in [5.74, 6) is -0.197. The predicted octanol–water partition coefficient (Wildman–Crippen LogP) is 2.35. The molecule has 3 heteroatoms. The van der Waals surface area contributed by atoms with E-state index in [2.05, 4.69) is 0 Å². The Hall–Kier alpha value is -1.38. The molecule has 0 fully saturated rings. The number of aryl methyl sites for hydroxylation is 1. The third-order valence-corrected chi connectivity index (χ3v) is 1.86. The highest BCUT2D eigenvalue weighted by molar-refractivity contribution is 5.97. The zero-order chi connectivity index (χ0) is 10.0. The summed E-state index contributed by atoms with van der Waals surface area (Å²) in [5.41, 5.74) is 0.868. The van der Waals surface area contributed by atoms with E-state index in [1.165, 1.54) is 26.2 Å². The molecule has 2 nitrogen and oxygen atoms in total. The van der Waals surface area contributed by atoms with Gasteiger partial charge in [0, 0.05) is 6.07 Å². The quantitative estimate of drug-likeness (QED) is 0.654. The Morgan fingerprint density at radius 1 is 1.46 bits per heavy atom. The van der Waals surface area contributed by atoms with Gasteiger partial charge in [0.2, 0.25) is 0 Å². The van der Waals surface area contributed by atoms with Crippen LogP contribution in [0, 0.1) is 12.7 Å². The number of hydrogen-bond donors (Lipinski definition) is 0. The Balaban J connectivity index is 3.33. The minimum Gasteiger partial charge on any atom is -0.496 e. The van der Waals surface area contributed by atoms with Gasteiger partial charge in [-0.2, -0.15) is 0 Å². The van der Waals surface area contributed by atoms with Gasteiger partial charge >= 0.3 is 0 Å². The number of halogens is 1. The molecule has 1 aromatic carbocycles. The average molecular weight is 181 g/mol. The maximum Gasteiger partial charge on any atom is 0.163 e. The number of rotatable bonds is 2. The van der Waals surface area contributed by atoms with Gasteiger partial charge in [0.15, 0.2) is 5.78 Å². The minimum atomic E-state index is -0.359. The van der Waals surface area contributed by atoms with Crippen LogP contribution in [-0.4, -0.2) is 12.9 Å². The van der Waals surface area contributed by atoms with E-state index in [9.17, 15) is 9.18 Å². The smallest absolute Gasteiger partial charge is 0.163 e. The highest BCUT2D eigenvalue weighted by Crippen LogP contribution is 2.22. The second-order valence-corrected chi connectivity index (χ2v) is 2.86. The summed E-state index contributed by atoms with van der Waals surface area (Å²) in [4.78, 5) is 11.1. The van der Waals surface area contributed by atoms with Gasteiger partial charge in [0.25, 0.3) is 0 Å². The van der Waals surface area contributed by atoms with Crippen molar-refractivity contribution in [3.05, 3.63) is 29.1 Å². The maximum absolute atomic E-state index is 13.0. The van der Waals surface area contributed by atoms with Crippen molar-refractivity contribution >= 4 is 5.78 Å². The van der Waals surface area contributed by atoms with Gasteiger partial charge in [-0.15, -0.1) is 0 Å². The fourth-order valence-corrected chi connectivity index (χ4v) is 1.11. The van der Waals surface area contributed by atoms with E-state index in [-0.39, 0.29) is 17.3 Å². The lowest BCUT2D eigenvalue weighted by Crippen LogP contribution is -1.99. The second kappa shape index (κ2) is 3.56. The van der Waals surface area contributed by atoms with Crippen molar-refractivity contribution in [1.29, 1.82) is 0 Å². The molecule has 0 radical (unpaired) electrons. The SMILES string of the molecule is COc1cc([18F])c(C)cc1C(C)=O. The molecule has 0 saturated carbocycles. The molecule has 1 rings (SSSR count). The van der Waals surface area contributed by atoms with Gasteiger partial charge in [-0.05, 0) is 25.5 Å². The summed E-state index contributed by atoms with van der Waals surface area (Å²) in [6.07, 6.45) is 0. The first kappa shape index (κ1) is 9.71. The van der Waals surface area contributed by atoms with Gasteiger partial charge in [-0.25, -0.2) is 4.39 Å². The highest BCUT2D eigenvalue weighted by Gasteiger charge is 2.10. The predicted molar refractivity (Wildman–Crippen MR) is 47.7 cm³/mol. The van der Waals surface area contributed by atoms with Crippen molar-refractivity contribution < 1.29 is 13.9 Å². The first-order valence-corrected chi connectivity index (χ1v) is 3.91. The second-order valence-electron chi connectivity index (χ2n) is 2.86. The zero-order valence-electron chi connectivity index (χ0n) is 7.85. The van der Waals surface area contributed by atoms with Crippen LogP contribution in [0.3, 0.4) is 0 Å². The summed E-state index contributed by atoms with van der Waals surface area (Å²) in [5, 5.41) is 0. The molecule has 0 atom stereocenters. The van der Waals surface area contributed by atoms with Gasteiger partial charge in [0.05, 0.1) is 12.7 Å². The van der Waals surface area contributed by atoms with Crippen LogP contribution < -0.4 is 4.74 Å². The molecular formula is C10H11FO2. The van der Waals surface area contributed by atoms with Crippen LogP contribution >= 0.6 is 0 Å². The number of Topliss-reactive ketones (excluding diaryl/α,β-unsaturated/α-hetero) is 1. The van der Waals surface area contributed by atoms with Crippen LogP contribution in [0.5, 0.6) is 5.75 Å². The van der Waals surface area contributed by atoms with Crippen LogP contribution in [0.15, 0.2) is 12.1 Å². The average Bonchev–Trinajstić information content (AvgIpc) is 2.08. The normalized spacial score (nSPS) is 9.85. The number of carbonyl (C=O) groups is 1. The van der Waals surface area contributed by atoms with E-state index >= 15 is 0 Å². The number of ketones is 1. The Kier molecular flexibility index (Phi) is 2.66. The summed E-state index contributed by atoms with van der Waals surface area (Å²) < 4.78 is 17.9. The molecule has 0 aliphatic carbocycles. The summed E-state index contributed by atoms with van der Waals surface area (Å²) >= 11 is 0. The molecular weight excluding hydrogens is 170 g/mol. The molecule has 0 aromatic heterocycles. The maximum atomic E-state index is 13.0. The Labute approximate surface area is 76.3 Å². The van der Waals surface area contributed by atoms with Gasteiger partial charge in [-0.3, -0.25) is 4.79 Å². The van der Waals surface area contributed by atoms with E-state index in [1.54, 1.807) is 6.92 Å². The number of hydrogen-bond acceptors (Lipinski definition) is 2. The van der Waals surface area contributed by atoms with Crippen molar-refractivity contribution in [2.24, 2.45) is 0 Å². The monoisotopic (exact) mass is 181 g/mol. The van der Waals surface area contributed by atoms with E-state index in [0.717, 1.165) is 0 Å². The van der Waals surface area contributed by atoms with Crippen molar-refractivity contribution in [2.45, 2.75) is 13.8 Å². The molecule has 1 aromatic rings. The Bertz CT molecular complexity index is 345. The minimum absolute atomic E-state index is 0.125.